The number of carbonyl (C=O) groups excluding carboxylic acids is 1. The monoisotopic (exact) mass is 443 g/mol. The van der Waals surface area contributed by atoms with Gasteiger partial charge in [-0.3, -0.25) is 0 Å². The Labute approximate surface area is 170 Å². The number of alkyl halides is 1. The Morgan fingerprint density at radius 1 is 1.33 bits per heavy atom. The minimum absolute atomic E-state index is 0.0683. The maximum Gasteiger partial charge on any atom is 0.410 e. The molecule has 1 unspecified atom stereocenters. The van der Waals surface area contributed by atoms with Gasteiger partial charge in [0.15, 0.2) is 0 Å². The summed E-state index contributed by atoms with van der Waals surface area (Å²) in [5.74, 6) is 1.87. The Morgan fingerprint density at radius 3 is 2.67 bits per heavy atom. The van der Waals surface area contributed by atoms with Crippen molar-refractivity contribution in [3.8, 4) is 0 Å². The third-order valence-electron chi connectivity index (χ3n) is 5.59. The van der Waals surface area contributed by atoms with Gasteiger partial charge in [0, 0.05) is 29.9 Å². The lowest BCUT2D eigenvalue weighted by atomic mass is 9.91. The molecule has 2 aliphatic carbocycles. The van der Waals surface area contributed by atoms with Gasteiger partial charge in [0.2, 0.25) is 0 Å². The average Bonchev–Trinajstić information content (AvgIpc) is 3.35. The van der Waals surface area contributed by atoms with Crippen molar-refractivity contribution in [1.82, 2.24) is 4.90 Å². The van der Waals surface area contributed by atoms with E-state index < -0.39 is 5.60 Å². The van der Waals surface area contributed by atoms with Gasteiger partial charge in [0.05, 0.1) is 13.2 Å². The summed E-state index contributed by atoms with van der Waals surface area (Å²) in [6.07, 6.45) is 7.29. The van der Waals surface area contributed by atoms with E-state index in [1.54, 1.807) is 0 Å². The summed E-state index contributed by atoms with van der Waals surface area (Å²) in [5.41, 5.74) is 0.235. The van der Waals surface area contributed by atoms with Crippen LogP contribution in [-0.2, 0) is 9.47 Å². The molecule has 3 aliphatic rings. The van der Waals surface area contributed by atoms with Crippen molar-refractivity contribution in [2.45, 2.75) is 56.9 Å². The standard InChI is InChI=1S/C21H31BrFNO3/c1-21(2,3)27-20(25)24-8-6-14(7-9-24)18-10-16(18)13-26-12-15-4-5-17(22)11-19(15)23/h4-5,14,16-18H,6-13H2,1-3H3/t16-,17?,18+/m0/s1. The van der Waals surface area contributed by atoms with Gasteiger partial charge in [-0.15, -0.1) is 0 Å². The van der Waals surface area contributed by atoms with Gasteiger partial charge in [-0.1, -0.05) is 28.1 Å². The minimum atomic E-state index is -0.440. The molecule has 1 amide bonds. The minimum Gasteiger partial charge on any atom is -0.444 e. The molecule has 0 aromatic rings. The van der Waals surface area contributed by atoms with Gasteiger partial charge in [-0.25, -0.2) is 9.18 Å². The molecule has 3 atom stereocenters. The molecule has 0 N–H and O–H groups in total. The Bertz CT molecular complexity index is 605. The highest BCUT2D eigenvalue weighted by molar-refractivity contribution is 9.09. The molecule has 1 heterocycles. The quantitative estimate of drug-likeness (QED) is 0.545. The fourth-order valence-electron chi connectivity index (χ4n) is 4.00. The number of halogens is 2. The number of carbonyl (C=O) groups is 1. The van der Waals surface area contributed by atoms with E-state index in [1.165, 1.54) is 6.42 Å². The third kappa shape index (κ3) is 6.05. The summed E-state index contributed by atoms with van der Waals surface area (Å²) < 4.78 is 25.1. The molecular formula is C21H31BrFNO3. The van der Waals surface area contributed by atoms with Crippen molar-refractivity contribution in [2.75, 3.05) is 26.3 Å². The molecule has 6 heteroatoms. The third-order valence-corrected chi connectivity index (χ3v) is 6.22. The first kappa shape index (κ1) is 20.8. The highest BCUT2D eigenvalue weighted by atomic mass is 79.9. The first-order valence-electron chi connectivity index (χ1n) is 9.98. The number of allylic oxidation sites excluding steroid dienone is 2. The van der Waals surface area contributed by atoms with Gasteiger partial charge < -0.3 is 14.4 Å². The topological polar surface area (TPSA) is 38.8 Å². The summed E-state index contributed by atoms with van der Waals surface area (Å²) >= 11 is 3.40. The lowest BCUT2D eigenvalue weighted by Gasteiger charge is -2.33. The van der Waals surface area contributed by atoms with Crippen molar-refractivity contribution < 1.29 is 18.7 Å². The molecule has 1 saturated carbocycles. The van der Waals surface area contributed by atoms with E-state index in [0.29, 0.717) is 43.0 Å². The van der Waals surface area contributed by atoms with Crippen LogP contribution in [0, 0.1) is 17.8 Å². The summed E-state index contributed by atoms with van der Waals surface area (Å²) in [6.45, 7) is 8.32. The molecule has 4 nitrogen and oxygen atoms in total. The molecule has 27 heavy (non-hydrogen) atoms. The van der Waals surface area contributed by atoms with Crippen LogP contribution in [0.15, 0.2) is 23.6 Å². The largest absolute Gasteiger partial charge is 0.444 e. The zero-order chi connectivity index (χ0) is 19.6. The number of hydrogen-bond donors (Lipinski definition) is 0. The highest BCUT2D eigenvalue weighted by Gasteiger charge is 2.44. The van der Waals surface area contributed by atoms with Crippen molar-refractivity contribution in [3.63, 3.8) is 0 Å². The van der Waals surface area contributed by atoms with Crippen LogP contribution in [0.25, 0.3) is 0 Å². The molecule has 1 aliphatic heterocycles. The fraction of sp³-hybridized carbons (Fsp3) is 0.762. The lowest BCUT2D eigenvalue weighted by Crippen LogP contribution is -2.42. The van der Waals surface area contributed by atoms with E-state index in [1.807, 2.05) is 37.8 Å². The molecule has 0 spiro atoms. The number of rotatable bonds is 5. The number of hydrogen-bond acceptors (Lipinski definition) is 3. The Kier molecular flexibility index (Phi) is 6.67. The lowest BCUT2D eigenvalue weighted by molar-refractivity contribution is 0.0171. The van der Waals surface area contributed by atoms with Crippen LogP contribution in [0.1, 0.15) is 46.5 Å². The molecule has 152 valence electrons. The first-order chi connectivity index (χ1) is 12.7. The van der Waals surface area contributed by atoms with Gasteiger partial charge >= 0.3 is 6.09 Å². The van der Waals surface area contributed by atoms with Crippen molar-refractivity contribution in [1.29, 1.82) is 0 Å². The van der Waals surface area contributed by atoms with E-state index in [0.717, 1.165) is 25.9 Å². The number of amides is 1. The van der Waals surface area contributed by atoms with Crippen LogP contribution in [0.2, 0.25) is 0 Å². The molecular weight excluding hydrogens is 413 g/mol. The van der Waals surface area contributed by atoms with Crippen molar-refractivity contribution >= 4 is 22.0 Å². The molecule has 0 aromatic carbocycles. The number of piperidine rings is 1. The van der Waals surface area contributed by atoms with Crippen LogP contribution in [0.4, 0.5) is 9.18 Å². The summed E-state index contributed by atoms with van der Waals surface area (Å²) in [7, 11) is 0. The number of likely N-dealkylation sites (tertiary alicyclic amines) is 1. The molecule has 0 aromatic heterocycles. The van der Waals surface area contributed by atoms with Crippen LogP contribution < -0.4 is 0 Å². The predicted octanol–water partition coefficient (Wildman–Crippen LogP) is 5.23. The first-order valence-corrected chi connectivity index (χ1v) is 10.9. The molecule has 0 bridgehead atoms. The maximum atomic E-state index is 13.9. The Balaban J connectivity index is 1.34. The molecule has 2 fully saturated rings. The van der Waals surface area contributed by atoms with E-state index in [2.05, 4.69) is 15.9 Å². The van der Waals surface area contributed by atoms with Gasteiger partial charge in [0.25, 0.3) is 0 Å². The molecule has 3 rings (SSSR count). The average molecular weight is 444 g/mol. The van der Waals surface area contributed by atoms with E-state index >= 15 is 0 Å². The van der Waals surface area contributed by atoms with E-state index in [-0.39, 0.29) is 16.7 Å². The predicted molar refractivity (Wildman–Crippen MR) is 108 cm³/mol. The Hall–Kier alpha value is -0.880. The van der Waals surface area contributed by atoms with Crippen LogP contribution in [-0.4, -0.2) is 47.7 Å². The molecule has 0 radical (unpaired) electrons. The smallest absolute Gasteiger partial charge is 0.410 e. The van der Waals surface area contributed by atoms with Crippen molar-refractivity contribution in [3.05, 3.63) is 23.6 Å². The highest BCUT2D eigenvalue weighted by Crippen LogP contribution is 2.48. The van der Waals surface area contributed by atoms with Crippen LogP contribution >= 0.6 is 15.9 Å². The molecule has 1 saturated heterocycles. The summed E-state index contributed by atoms with van der Waals surface area (Å²) in [4.78, 5) is 14.1. The second kappa shape index (κ2) is 8.64. The fourth-order valence-corrected chi connectivity index (χ4v) is 4.44. The zero-order valence-electron chi connectivity index (χ0n) is 16.5. The van der Waals surface area contributed by atoms with Crippen LogP contribution in [0.3, 0.4) is 0 Å². The Morgan fingerprint density at radius 2 is 2.04 bits per heavy atom. The number of nitrogens with zero attached hydrogens (tertiary/aromatic N) is 1. The normalized spacial score (nSPS) is 29.2. The second-order valence-electron chi connectivity index (χ2n) is 8.99. The van der Waals surface area contributed by atoms with E-state index in [4.69, 9.17) is 9.47 Å². The van der Waals surface area contributed by atoms with Gasteiger partial charge in [0.1, 0.15) is 11.4 Å². The second-order valence-corrected chi connectivity index (χ2v) is 10.2. The summed E-state index contributed by atoms with van der Waals surface area (Å²) in [5, 5.41) is 0. The maximum absolute atomic E-state index is 13.9. The van der Waals surface area contributed by atoms with Crippen LogP contribution in [0.5, 0.6) is 0 Å². The van der Waals surface area contributed by atoms with Gasteiger partial charge in [-0.2, -0.15) is 0 Å². The van der Waals surface area contributed by atoms with Crippen molar-refractivity contribution in [2.24, 2.45) is 17.8 Å². The van der Waals surface area contributed by atoms with E-state index in [9.17, 15) is 9.18 Å². The number of ether oxygens (including phenoxy) is 2. The van der Waals surface area contributed by atoms with Gasteiger partial charge in [-0.05, 0) is 57.8 Å². The zero-order valence-corrected chi connectivity index (χ0v) is 18.1. The summed E-state index contributed by atoms with van der Waals surface area (Å²) in [6, 6.07) is 0. The SMILES string of the molecule is CC(C)(C)OC(=O)N1CCC([C@H]2C[C@H]2COCC2=C(F)CC(Br)C=C2)CC1.